The maximum absolute atomic E-state index is 6.09. The summed E-state index contributed by atoms with van der Waals surface area (Å²) in [5.41, 5.74) is 5.62. The van der Waals surface area contributed by atoms with Gasteiger partial charge in [-0.05, 0) is 62.1 Å². The molecule has 1 heterocycles. The van der Waals surface area contributed by atoms with E-state index in [0.717, 1.165) is 45.5 Å². The molecule has 2 nitrogen and oxygen atoms in total. The molecule has 1 aromatic heterocycles. The third-order valence-corrected chi connectivity index (χ3v) is 5.41. The van der Waals surface area contributed by atoms with Crippen LogP contribution in [0.4, 0.5) is 0 Å². The Balaban J connectivity index is 1.88. The number of aryl methyl sites for hydroxylation is 1. The second kappa shape index (κ2) is 7.77. The largest absolute Gasteiger partial charge is 0.233 e. The fourth-order valence-electron chi connectivity index (χ4n) is 3.52. The molecule has 0 bridgehead atoms. The number of benzene rings is 2. The smallest absolute Gasteiger partial charge is 0.160 e. The van der Waals surface area contributed by atoms with E-state index in [9.17, 15) is 0 Å². The highest BCUT2D eigenvalue weighted by molar-refractivity contribution is 6.30. The van der Waals surface area contributed by atoms with Gasteiger partial charge in [0.2, 0.25) is 0 Å². The van der Waals surface area contributed by atoms with Crippen molar-refractivity contribution in [2.45, 2.75) is 38.5 Å². The zero-order chi connectivity index (χ0) is 17.9. The standard InChI is InChI=1S/C22H20Cl2N2/c23-17-11-7-15(8-12-17)21-19-5-3-1-2-4-6-20(19)25-22(26-21)16-9-13-18(24)14-10-16/h7-14H,1-6H2. The van der Waals surface area contributed by atoms with Crippen LogP contribution in [0.3, 0.4) is 0 Å². The van der Waals surface area contributed by atoms with Crippen LogP contribution in [0.1, 0.15) is 36.9 Å². The first-order valence-corrected chi connectivity index (χ1v) is 9.88. The second-order valence-corrected chi connectivity index (χ2v) is 7.62. The van der Waals surface area contributed by atoms with Crippen LogP contribution in [0.25, 0.3) is 22.6 Å². The molecular formula is C22H20Cl2N2. The van der Waals surface area contributed by atoms with E-state index in [2.05, 4.69) is 12.1 Å². The molecule has 0 spiro atoms. The van der Waals surface area contributed by atoms with Gasteiger partial charge in [-0.15, -0.1) is 0 Å². The summed E-state index contributed by atoms with van der Waals surface area (Å²) in [5.74, 6) is 0.769. The zero-order valence-corrected chi connectivity index (χ0v) is 16.0. The quantitative estimate of drug-likeness (QED) is 0.488. The molecule has 0 aliphatic heterocycles. The summed E-state index contributed by atoms with van der Waals surface area (Å²) in [5, 5.41) is 1.46. The predicted molar refractivity (Wildman–Crippen MR) is 109 cm³/mol. The van der Waals surface area contributed by atoms with Crippen molar-refractivity contribution in [1.29, 1.82) is 0 Å². The van der Waals surface area contributed by atoms with Gasteiger partial charge < -0.3 is 0 Å². The highest BCUT2D eigenvalue weighted by Gasteiger charge is 2.18. The molecule has 3 aromatic rings. The number of rotatable bonds is 2. The van der Waals surface area contributed by atoms with Gasteiger partial charge in [0.1, 0.15) is 0 Å². The molecule has 0 N–H and O–H groups in total. The van der Waals surface area contributed by atoms with E-state index in [4.69, 9.17) is 33.2 Å². The van der Waals surface area contributed by atoms with Crippen molar-refractivity contribution in [3.05, 3.63) is 69.8 Å². The van der Waals surface area contributed by atoms with Crippen molar-refractivity contribution in [3.63, 3.8) is 0 Å². The first kappa shape index (κ1) is 17.5. The summed E-state index contributed by atoms with van der Waals surface area (Å²) in [6.07, 6.45) is 6.98. The van der Waals surface area contributed by atoms with Gasteiger partial charge in [-0.1, -0.05) is 48.2 Å². The monoisotopic (exact) mass is 382 g/mol. The Morgan fingerprint density at radius 1 is 0.615 bits per heavy atom. The average Bonchev–Trinajstić information content (AvgIpc) is 2.63. The number of nitrogens with zero attached hydrogens (tertiary/aromatic N) is 2. The molecular weight excluding hydrogens is 363 g/mol. The maximum atomic E-state index is 6.09. The highest BCUT2D eigenvalue weighted by Crippen LogP contribution is 2.31. The van der Waals surface area contributed by atoms with Crippen LogP contribution in [0.5, 0.6) is 0 Å². The first-order valence-electron chi connectivity index (χ1n) is 9.12. The van der Waals surface area contributed by atoms with Crippen molar-refractivity contribution < 1.29 is 0 Å². The highest BCUT2D eigenvalue weighted by atomic mass is 35.5. The van der Waals surface area contributed by atoms with E-state index in [0.29, 0.717) is 0 Å². The lowest BCUT2D eigenvalue weighted by molar-refractivity contribution is 0.608. The summed E-state index contributed by atoms with van der Waals surface area (Å²) in [4.78, 5) is 9.90. The average molecular weight is 383 g/mol. The minimum atomic E-state index is 0.720. The van der Waals surface area contributed by atoms with Crippen LogP contribution in [0, 0.1) is 0 Å². The zero-order valence-electron chi connectivity index (χ0n) is 14.5. The van der Waals surface area contributed by atoms with E-state index in [1.54, 1.807) is 0 Å². The van der Waals surface area contributed by atoms with Gasteiger partial charge in [0.05, 0.1) is 5.69 Å². The van der Waals surface area contributed by atoms with Gasteiger partial charge in [0, 0.05) is 32.4 Å². The van der Waals surface area contributed by atoms with Crippen molar-refractivity contribution in [2.24, 2.45) is 0 Å². The summed E-state index contributed by atoms with van der Waals surface area (Å²) >= 11 is 12.1. The van der Waals surface area contributed by atoms with Crippen molar-refractivity contribution in [2.75, 3.05) is 0 Å². The van der Waals surface area contributed by atoms with E-state index in [1.165, 1.54) is 36.9 Å². The summed E-state index contributed by atoms with van der Waals surface area (Å²) < 4.78 is 0. The Labute approximate surface area is 164 Å². The first-order chi connectivity index (χ1) is 12.7. The SMILES string of the molecule is Clc1ccc(-c2nc3c(c(-c4ccc(Cl)cc4)n2)CCCCCC3)cc1. The van der Waals surface area contributed by atoms with Gasteiger partial charge in [-0.2, -0.15) is 0 Å². The topological polar surface area (TPSA) is 25.8 Å². The van der Waals surface area contributed by atoms with Crippen LogP contribution in [0.2, 0.25) is 10.0 Å². The number of aromatic nitrogens is 2. The molecule has 26 heavy (non-hydrogen) atoms. The van der Waals surface area contributed by atoms with E-state index in [1.807, 2.05) is 36.4 Å². The van der Waals surface area contributed by atoms with Crippen molar-refractivity contribution in [3.8, 4) is 22.6 Å². The molecule has 1 aliphatic carbocycles. The second-order valence-electron chi connectivity index (χ2n) is 6.75. The Hall–Kier alpha value is -1.90. The van der Waals surface area contributed by atoms with Crippen molar-refractivity contribution in [1.82, 2.24) is 9.97 Å². The van der Waals surface area contributed by atoms with Crippen molar-refractivity contribution >= 4 is 23.2 Å². The van der Waals surface area contributed by atoms with Gasteiger partial charge in [-0.25, -0.2) is 9.97 Å². The van der Waals surface area contributed by atoms with Crippen LogP contribution in [0.15, 0.2) is 48.5 Å². The molecule has 0 amide bonds. The Morgan fingerprint density at radius 2 is 1.19 bits per heavy atom. The van der Waals surface area contributed by atoms with E-state index < -0.39 is 0 Å². The Bertz CT molecular complexity index is 903. The number of halogens is 2. The number of fused-ring (bicyclic) bond motifs is 1. The van der Waals surface area contributed by atoms with Crippen LogP contribution in [-0.2, 0) is 12.8 Å². The molecule has 2 aromatic carbocycles. The normalized spacial score (nSPS) is 14.4. The van der Waals surface area contributed by atoms with Gasteiger partial charge in [0.15, 0.2) is 5.82 Å². The molecule has 0 fully saturated rings. The van der Waals surface area contributed by atoms with Crippen LogP contribution < -0.4 is 0 Å². The van der Waals surface area contributed by atoms with E-state index >= 15 is 0 Å². The molecule has 0 atom stereocenters. The Kier molecular flexibility index (Phi) is 5.23. The lowest BCUT2D eigenvalue weighted by Gasteiger charge is -2.18. The minimum absolute atomic E-state index is 0.720. The minimum Gasteiger partial charge on any atom is -0.233 e. The van der Waals surface area contributed by atoms with Gasteiger partial charge >= 0.3 is 0 Å². The number of hydrogen-bond acceptors (Lipinski definition) is 2. The lowest BCUT2D eigenvalue weighted by Crippen LogP contribution is -2.08. The fourth-order valence-corrected chi connectivity index (χ4v) is 3.77. The predicted octanol–water partition coefficient (Wildman–Crippen LogP) is 6.78. The van der Waals surface area contributed by atoms with Gasteiger partial charge in [-0.3, -0.25) is 0 Å². The summed E-state index contributed by atoms with van der Waals surface area (Å²) in [6.45, 7) is 0. The third-order valence-electron chi connectivity index (χ3n) is 4.90. The number of hydrogen-bond donors (Lipinski definition) is 0. The molecule has 1 aliphatic rings. The van der Waals surface area contributed by atoms with Gasteiger partial charge in [0.25, 0.3) is 0 Å². The Morgan fingerprint density at radius 3 is 1.85 bits per heavy atom. The molecule has 4 heteroatoms. The molecule has 0 unspecified atom stereocenters. The molecule has 0 saturated heterocycles. The molecule has 132 valence electrons. The third kappa shape index (κ3) is 3.77. The van der Waals surface area contributed by atoms with Crippen LogP contribution in [-0.4, -0.2) is 9.97 Å². The van der Waals surface area contributed by atoms with Crippen LogP contribution >= 0.6 is 23.2 Å². The maximum Gasteiger partial charge on any atom is 0.160 e. The molecule has 0 saturated carbocycles. The fraction of sp³-hybridized carbons (Fsp3) is 0.273. The lowest BCUT2D eigenvalue weighted by atomic mass is 9.93. The summed E-state index contributed by atoms with van der Waals surface area (Å²) in [6, 6.07) is 15.7. The van der Waals surface area contributed by atoms with E-state index in [-0.39, 0.29) is 0 Å². The molecule has 4 rings (SSSR count). The summed E-state index contributed by atoms with van der Waals surface area (Å²) in [7, 11) is 0. The molecule has 0 radical (unpaired) electrons.